The summed E-state index contributed by atoms with van der Waals surface area (Å²) < 4.78 is 36.5. The Hall–Kier alpha value is -4.24. The van der Waals surface area contributed by atoms with E-state index in [1.54, 1.807) is 29.8 Å². The van der Waals surface area contributed by atoms with E-state index in [9.17, 15) is 18.0 Å². The predicted octanol–water partition coefficient (Wildman–Crippen LogP) is 6.49. The van der Waals surface area contributed by atoms with E-state index in [0.29, 0.717) is 36.9 Å². The van der Waals surface area contributed by atoms with Crippen LogP contribution in [-0.4, -0.2) is 35.3 Å². The van der Waals surface area contributed by atoms with Gasteiger partial charge in [0.2, 0.25) is 0 Å². The fourth-order valence-electron chi connectivity index (χ4n) is 6.35. The van der Waals surface area contributed by atoms with Crippen molar-refractivity contribution in [2.45, 2.75) is 69.4 Å². The Morgan fingerprint density at radius 3 is 2.04 bits per heavy atom. The number of nitrogens with one attached hydrogen (secondary N) is 1. The van der Waals surface area contributed by atoms with Gasteiger partial charge in [0.15, 0.2) is 10.8 Å². The summed E-state index contributed by atoms with van der Waals surface area (Å²) in [6.07, 6.45) is 5.41. The maximum Gasteiger partial charge on any atom is 0.317 e. The number of esters is 1. The Labute approximate surface area is 265 Å². The van der Waals surface area contributed by atoms with Crippen molar-refractivity contribution >= 4 is 27.5 Å². The molecule has 1 aliphatic heterocycles. The van der Waals surface area contributed by atoms with Gasteiger partial charge in [-0.3, -0.25) is 14.3 Å². The van der Waals surface area contributed by atoms with E-state index in [4.69, 9.17) is 4.74 Å². The lowest BCUT2D eigenvalue weighted by molar-refractivity contribution is -0.181. The van der Waals surface area contributed by atoms with Crippen molar-refractivity contribution in [1.82, 2.24) is 9.55 Å². The van der Waals surface area contributed by atoms with Crippen LogP contribution in [0.15, 0.2) is 102 Å². The molecule has 0 bridgehead atoms. The molecule has 9 heteroatoms. The monoisotopic (exact) mass is 627 g/mol. The van der Waals surface area contributed by atoms with Crippen LogP contribution in [0.2, 0.25) is 0 Å². The van der Waals surface area contributed by atoms with Gasteiger partial charge in [-0.1, -0.05) is 93.6 Å². The summed E-state index contributed by atoms with van der Waals surface area (Å²) in [6.45, 7) is 5.95. The van der Waals surface area contributed by atoms with Gasteiger partial charge < -0.3 is 9.30 Å². The molecular weight excluding hydrogens is 586 g/mol. The lowest BCUT2D eigenvalue weighted by Crippen LogP contribution is -2.51. The normalized spacial score (nSPS) is 17.5. The molecule has 0 amide bonds. The van der Waals surface area contributed by atoms with E-state index in [2.05, 4.69) is 9.71 Å². The number of carbonyl (C=O) groups is 2. The minimum atomic E-state index is -3.93. The summed E-state index contributed by atoms with van der Waals surface area (Å²) in [5, 5.41) is -0.101. The van der Waals surface area contributed by atoms with Crippen LogP contribution in [0.4, 0.5) is 5.69 Å². The summed E-state index contributed by atoms with van der Waals surface area (Å²) in [5.41, 5.74) is 1.81. The smallest absolute Gasteiger partial charge is 0.317 e. The number of sulfonamides is 1. The number of Topliss-reactive ketones (excluding diaryl/α,β-unsaturated/α-hetero) is 1. The van der Waals surface area contributed by atoms with Crippen LogP contribution < -0.4 is 4.72 Å². The van der Waals surface area contributed by atoms with Crippen LogP contribution in [0.5, 0.6) is 0 Å². The molecule has 1 fully saturated rings. The van der Waals surface area contributed by atoms with E-state index in [0.717, 1.165) is 11.1 Å². The number of aryl methyl sites for hydroxylation is 3. The standard InChI is InChI=1S/C36H41N3O5S/c1-35(2,3)33(28-16-11-17-29(22-28)38-45(42,43)31-24-39(4)25-37-31)32-30(40)23-36(44-34(32)41,20-18-26-12-7-5-8-13-26)21-19-27-14-9-6-10-15-27/h5-17,22,24-25,32-33,38H,18-21,23H2,1-4H3/t32?,33-/m1/s1. The van der Waals surface area contributed by atoms with Gasteiger partial charge in [0, 0.05) is 31.3 Å². The Bertz CT molecular complexity index is 1680. The molecule has 0 aliphatic carbocycles. The van der Waals surface area contributed by atoms with Crippen LogP contribution in [0.1, 0.15) is 62.6 Å². The second-order valence-corrected chi connectivity index (χ2v) is 14.8. The molecule has 1 unspecified atom stereocenters. The van der Waals surface area contributed by atoms with Gasteiger partial charge >= 0.3 is 5.97 Å². The summed E-state index contributed by atoms with van der Waals surface area (Å²) in [6, 6.07) is 27.0. The maximum absolute atomic E-state index is 14.2. The lowest BCUT2D eigenvalue weighted by atomic mass is 9.65. The SMILES string of the molecule is Cn1cnc(S(=O)(=O)Nc2cccc([C@H](C3C(=O)CC(CCc4ccccc4)(CCc4ccccc4)OC3=O)C(C)(C)C)c2)c1. The molecule has 1 saturated heterocycles. The molecule has 1 aliphatic rings. The molecule has 0 spiro atoms. The van der Waals surface area contributed by atoms with Crippen LogP contribution >= 0.6 is 0 Å². The van der Waals surface area contributed by atoms with Gasteiger partial charge in [-0.2, -0.15) is 8.42 Å². The largest absolute Gasteiger partial charge is 0.458 e. The molecule has 2 heterocycles. The van der Waals surface area contributed by atoms with Crippen molar-refractivity contribution in [3.63, 3.8) is 0 Å². The highest BCUT2D eigenvalue weighted by Gasteiger charge is 2.51. The third-order valence-corrected chi connectivity index (χ3v) is 9.83. The number of hydrogen-bond acceptors (Lipinski definition) is 6. The average molecular weight is 628 g/mol. The predicted molar refractivity (Wildman–Crippen MR) is 174 cm³/mol. The number of nitrogens with zero attached hydrogens (tertiary/aromatic N) is 2. The van der Waals surface area contributed by atoms with Gasteiger partial charge in [0.1, 0.15) is 11.5 Å². The van der Waals surface area contributed by atoms with E-state index in [1.165, 1.54) is 12.5 Å². The fourth-order valence-corrected chi connectivity index (χ4v) is 7.39. The van der Waals surface area contributed by atoms with E-state index in [-0.39, 0.29) is 17.2 Å². The highest BCUT2D eigenvalue weighted by molar-refractivity contribution is 7.92. The van der Waals surface area contributed by atoms with Crippen LogP contribution in [0.25, 0.3) is 0 Å². The van der Waals surface area contributed by atoms with Crippen molar-refractivity contribution in [3.8, 4) is 0 Å². The molecule has 8 nitrogen and oxygen atoms in total. The van der Waals surface area contributed by atoms with Gasteiger partial charge in [-0.05, 0) is 59.9 Å². The molecule has 1 aromatic heterocycles. The molecule has 45 heavy (non-hydrogen) atoms. The number of anilines is 1. The molecule has 236 valence electrons. The lowest BCUT2D eigenvalue weighted by Gasteiger charge is -2.44. The summed E-state index contributed by atoms with van der Waals surface area (Å²) in [5.74, 6) is -2.23. The fraction of sp³-hybridized carbons (Fsp3) is 0.361. The molecule has 5 rings (SSSR count). The zero-order valence-corrected chi connectivity index (χ0v) is 27.1. The number of carbonyl (C=O) groups excluding carboxylic acids is 2. The van der Waals surface area contributed by atoms with Crippen molar-refractivity contribution < 1.29 is 22.7 Å². The molecule has 1 N–H and O–H groups in total. The number of imidazole rings is 1. The summed E-state index contributed by atoms with van der Waals surface area (Å²) in [4.78, 5) is 32.2. The highest BCUT2D eigenvalue weighted by Crippen LogP contribution is 2.47. The van der Waals surface area contributed by atoms with E-state index >= 15 is 0 Å². The van der Waals surface area contributed by atoms with Crippen LogP contribution in [0, 0.1) is 11.3 Å². The van der Waals surface area contributed by atoms with Crippen molar-refractivity contribution in [3.05, 3.63) is 114 Å². The van der Waals surface area contributed by atoms with Gasteiger partial charge in [-0.15, -0.1) is 0 Å². The van der Waals surface area contributed by atoms with Crippen LogP contribution in [0.3, 0.4) is 0 Å². The van der Waals surface area contributed by atoms with Crippen molar-refractivity contribution in [2.24, 2.45) is 18.4 Å². The van der Waals surface area contributed by atoms with Crippen molar-refractivity contribution in [2.75, 3.05) is 4.72 Å². The highest BCUT2D eigenvalue weighted by atomic mass is 32.2. The Kier molecular flexibility index (Phi) is 9.30. The second kappa shape index (κ2) is 13.0. The maximum atomic E-state index is 14.2. The zero-order valence-electron chi connectivity index (χ0n) is 26.3. The molecule has 4 aromatic rings. The molecule has 2 atom stereocenters. The topological polar surface area (TPSA) is 107 Å². The Morgan fingerprint density at radius 2 is 1.53 bits per heavy atom. The number of rotatable bonds is 11. The Morgan fingerprint density at radius 1 is 0.933 bits per heavy atom. The number of ether oxygens (including phenoxy) is 1. The number of benzene rings is 3. The van der Waals surface area contributed by atoms with Gasteiger partial charge in [0.05, 0.1) is 6.33 Å². The number of aromatic nitrogens is 2. The molecule has 0 saturated carbocycles. The molecule has 0 radical (unpaired) electrons. The van der Waals surface area contributed by atoms with Gasteiger partial charge in [-0.25, -0.2) is 4.98 Å². The quantitative estimate of drug-likeness (QED) is 0.151. The molecule has 3 aromatic carbocycles. The average Bonchev–Trinajstić information content (AvgIpc) is 3.45. The first-order chi connectivity index (χ1) is 21.4. The van der Waals surface area contributed by atoms with E-state index < -0.39 is 38.8 Å². The Balaban J connectivity index is 1.42. The first kappa shape index (κ1) is 32.2. The van der Waals surface area contributed by atoms with Gasteiger partial charge in [0.25, 0.3) is 10.0 Å². The number of cyclic esters (lactones) is 1. The third kappa shape index (κ3) is 7.71. The third-order valence-electron chi connectivity index (χ3n) is 8.56. The summed E-state index contributed by atoms with van der Waals surface area (Å²) in [7, 11) is -2.24. The first-order valence-electron chi connectivity index (χ1n) is 15.3. The number of ketones is 1. The molecular formula is C36H41N3O5S. The van der Waals surface area contributed by atoms with Crippen molar-refractivity contribution in [1.29, 1.82) is 0 Å². The second-order valence-electron chi connectivity index (χ2n) is 13.1. The zero-order chi connectivity index (χ0) is 32.2. The van der Waals surface area contributed by atoms with E-state index in [1.807, 2.05) is 87.5 Å². The summed E-state index contributed by atoms with van der Waals surface area (Å²) >= 11 is 0. The minimum absolute atomic E-state index is 0.101. The minimum Gasteiger partial charge on any atom is -0.458 e. The first-order valence-corrected chi connectivity index (χ1v) is 16.8. The van der Waals surface area contributed by atoms with Crippen LogP contribution in [-0.2, 0) is 44.2 Å². The number of hydrogen-bond donors (Lipinski definition) is 1.